The highest BCUT2D eigenvalue weighted by Gasteiger charge is 2.03. The van der Waals surface area contributed by atoms with Gasteiger partial charge in [0.25, 0.3) is 5.91 Å². The lowest BCUT2D eigenvalue weighted by atomic mass is 10.1. The highest BCUT2D eigenvalue weighted by Crippen LogP contribution is 2.14. The lowest BCUT2D eigenvalue weighted by Gasteiger charge is -2.09. The second-order valence-electron chi connectivity index (χ2n) is 5.38. The van der Waals surface area contributed by atoms with Crippen LogP contribution in [0.4, 0.5) is 0 Å². The molecule has 1 aromatic carbocycles. The summed E-state index contributed by atoms with van der Waals surface area (Å²) in [5.41, 5.74) is 1.30. The minimum atomic E-state index is -0.397. The van der Waals surface area contributed by atoms with Crippen LogP contribution in [0.15, 0.2) is 24.3 Å². The summed E-state index contributed by atoms with van der Waals surface area (Å²) in [5.74, 6) is 0.544. The van der Waals surface area contributed by atoms with Crippen molar-refractivity contribution in [3.63, 3.8) is 0 Å². The molecule has 0 heterocycles. The Hall–Kier alpha value is -1.55. The van der Waals surface area contributed by atoms with Gasteiger partial charge < -0.3 is 15.2 Å². The van der Waals surface area contributed by atoms with E-state index in [0.717, 1.165) is 6.42 Å². The number of aryl methyl sites for hydroxylation is 1. The Balaban J connectivity index is 2.24. The predicted octanol–water partition coefficient (Wildman–Crippen LogP) is 2.69. The van der Waals surface area contributed by atoms with E-state index in [1.54, 1.807) is 6.92 Å². The molecule has 0 spiro atoms. The Bertz CT molecular complexity index is 401. The highest BCUT2D eigenvalue weighted by atomic mass is 16.5. The van der Waals surface area contributed by atoms with Crippen molar-refractivity contribution >= 4 is 5.91 Å². The largest absolute Gasteiger partial charge is 0.484 e. The lowest BCUT2D eigenvalue weighted by molar-refractivity contribution is -0.123. The van der Waals surface area contributed by atoms with Gasteiger partial charge in [0.1, 0.15) is 5.75 Å². The number of nitrogens with one attached hydrogen (secondary N) is 1. The average molecular weight is 293 g/mol. The molecule has 4 nitrogen and oxygen atoms in total. The van der Waals surface area contributed by atoms with Gasteiger partial charge in [-0.3, -0.25) is 4.79 Å². The maximum absolute atomic E-state index is 11.5. The van der Waals surface area contributed by atoms with E-state index in [1.807, 2.05) is 12.1 Å². The van der Waals surface area contributed by atoms with Crippen molar-refractivity contribution in [2.75, 3.05) is 13.2 Å². The second kappa shape index (κ2) is 10.2. The molecule has 21 heavy (non-hydrogen) atoms. The normalized spacial score (nSPS) is 12.0. The number of hydrogen-bond acceptors (Lipinski definition) is 3. The van der Waals surface area contributed by atoms with E-state index < -0.39 is 6.10 Å². The Morgan fingerprint density at radius 1 is 1.29 bits per heavy atom. The van der Waals surface area contributed by atoms with Gasteiger partial charge in [0.2, 0.25) is 0 Å². The second-order valence-corrected chi connectivity index (χ2v) is 5.38. The number of hydrogen-bond donors (Lipinski definition) is 2. The van der Waals surface area contributed by atoms with Crippen molar-refractivity contribution in [2.24, 2.45) is 0 Å². The standard InChI is InChI=1S/C17H27NO3/c1-3-4-5-6-15-7-9-16(10-8-15)21-13-17(20)18-12-11-14(2)19/h7-10,14,19H,3-6,11-13H2,1-2H3,(H,18,20). The summed E-state index contributed by atoms with van der Waals surface area (Å²) in [7, 11) is 0. The molecule has 0 fully saturated rings. The van der Waals surface area contributed by atoms with Crippen LogP contribution in [0, 0.1) is 0 Å². The Morgan fingerprint density at radius 3 is 2.62 bits per heavy atom. The molecule has 1 rings (SSSR count). The zero-order valence-electron chi connectivity index (χ0n) is 13.1. The van der Waals surface area contributed by atoms with Crippen molar-refractivity contribution in [3.05, 3.63) is 29.8 Å². The van der Waals surface area contributed by atoms with Crippen LogP contribution < -0.4 is 10.1 Å². The molecule has 1 atom stereocenters. The third-order valence-electron chi connectivity index (χ3n) is 3.25. The first kappa shape index (κ1) is 17.5. The van der Waals surface area contributed by atoms with Crippen LogP contribution in [0.5, 0.6) is 5.75 Å². The van der Waals surface area contributed by atoms with Crippen LogP contribution in [0.25, 0.3) is 0 Å². The quantitative estimate of drug-likeness (QED) is 0.652. The molecule has 0 saturated heterocycles. The van der Waals surface area contributed by atoms with Gasteiger partial charge in [-0.2, -0.15) is 0 Å². The number of carbonyl (C=O) groups is 1. The van der Waals surface area contributed by atoms with E-state index in [2.05, 4.69) is 24.4 Å². The number of amides is 1. The summed E-state index contributed by atoms with van der Waals surface area (Å²) in [5, 5.41) is 11.8. The first-order chi connectivity index (χ1) is 10.1. The fourth-order valence-electron chi connectivity index (χ4n) is 1.95. The summed E-state index contributed by atoms with van der Waals surface area (Å²) in [6.45, 7) is 4.37. The molecular formula is C17H27NO3. The molecule has 118 valence electrons. The minimum absolute atomic E-state index is 0.00892. The third-order valence-corrected chi connectivity index (χ3v) is 3.25. The number of rotatable bonds is 10. The first-order valence-electron chi connectivity index (χ1n) is 7.78. The van der Waals surface area contributed by atoms with E-state index >= 15 is 0 Å². The number of unbranched alkanes of at least 4 members (excludes halogenated alkanes) is 2. The van der Waals surface area contributed by atoms with E-state index in [1.165, 1.54) is 24.8 Å². The Morgan fingerprint density at radius 2 is 2.00 bits per heavy atom. The van der Waals surface area contributed by atoms with E-state index in [9.17, 15) is 4.79 Å². The van der Waals surface area contributed by atoms with E-state index in [4.69, 9.17) is 9.84 Å². The maximum atomic E-state index is 11.5. The van der Waals surface area contributed by atoms with E-state index in [0.29, 0.717) is 18.7 Å². The minimum Gasteiger partial charge on any atom is -0.484 e. The Kier molecular flexibility index (Phi) is 8.51. The van der Waals surface area contributed by atoms with Crippen LogP contribution in [-0.4, -0.2) is 30.3 Å². The first-order valence-corrected chi connectivity index (χ1v) is 7.78. The van der Waals surface area contributed by atoms with Gasteiger partial charge in [-0.25, -0.2) is 0 Å². The number of aliphatic hydroxyl groups is 1. The summed E-state index contributed by atoms with van der Waals surface area (Å²) < 4.78 is 5.43. The van der Waals surface area contributed by atoms with Gasteiger partial charge in [0, 0.05) is 6.54 Å². The van der Waals surface area contributed by atoms with Crippen molar-refractivity contribution in [1.82, 2.24) is 5.32 Å². The molecule has 0 radical (unpaired) electrons. The number of aliphatic hydroxyl groups excluding tert-OH is 1. The Labute approximate surface area is 127 Å². The molecule has 4 heteroatoms. The summed E-state index contributed by atoms with van der Waals surface area (Å²) in [4.78, 5) is 11.5. The average Bonchev–Trinajstić information content (AvgIpc) is 2.46. The molecule has 0 aliphatic rings. The zero-order valence-corrected chi connectivity index (χ0v) is 13.1. The molecular weight excluding hydrogens is 266 g/mol. The topological polar surface area (TPSA) is 58.6 Å². The smallest absolute Gasteiger partial charge is 0.257 e. The van der Waals surface area contributed by atoms with Gasteiger partial charge in [0.05, 0.1) is 6.10 Å². The van der Waals surface area contributed by atoms with Gasteiger partial charge in [0.15, 0.2) is 6.61 Å². The molecule has 0 saturated carbocycles. The van der Waals surface area contributed by atoms with Gasteiger partial charge in [-0.05, 0) is 43.9 Å². The van der Waals surface area contributed by atoms with Gasteiger partial charge in [-0.15, -0.1) is 0 Å². The zero-order chi connectivity index (χ0) is 15.5. The van der Waals surface area contributed by atoms with Crippen LogP contribution in [-0.2, 0) is 11.2 Å². The summed E-state index contributed by atoms with van der Waals surface area (Å²) >= 11 is 0. The van der Waals surface area contributed by atoms with Crippen LogP contribution >= 0.6 is 0 Å². The lowest BCUT2D eigenvalue weighted by Crippen LogP contribution is -2.31. The van der Waals surface area contributed by atoms with Crippen molar-refractivity contribution in [2.45, 2.75) is 52.1 Å². The summed E-state index contributed by atoms with van der Waals surface area (Å²) in [6.07, 6.45) is 4.94. The molecule has 1 unspecified atom stereocenters. The van der Waals surface area contributed by atoms with Crippen molar-refractivity contribution < 1.29 is 14.6 Å². The fraction of sp³-hybridized carbons (Fsp3) is 0.588. The number of carbonyl (C=O) groups excluding carboxylic acids is 1. The molecule has 0 aliphatic carbocycles. The number of benzene rings is 1. The fourth-order valence-corrected chi connectivity index (χ4v) is 1.95. The third kappa shape index (κ3) is 8.35. The molecule has 1 aromatic rings. The maximum Gasteiger partial charge on any atom is 0.257 e. The number of ether oxygens (including phenoxy) is 1. The molecule has 0 aliphatic heterocycles. The van der Waals surface area contributed by atoms with Crippen molar-refractivity contribution in [3.8, 4) is 5.75 Å². The molecule has 0 aromatic heterocycles. The molecule has 2 N–H and O–H groups in total. The van der Waals surface area contributed by atoms with Crippen LogP contribution in [0.1, 0.15) is 45.1 Å². The van der Waals surface area contributed by atoms with Gasteiger partial charge in [-0.1, -0.05) is 31.9 Å². The monoisotopic (exact) mass is 293 g/mol. The van der Waals surface area contributed by atoms with Gasteiger partial charge >= 0.3 is 0 Å². The van der Waals surface area contributed by atoms with Crippen LogP contribution in [0.3, 0.4) is 0 Å². The summed E-state index contributed by atoms with van der Waals surface area (Å²) in [6, 6.07) is 7.92. The molecule has 0 bridgehead atoms. The highest BCUT2D eigenvalue weighted by molar-refractivity contribution is 5.77. The SMILES string of the molecule is CCCCCc1ccc(OCC(=O)NCCC(C)O)cc1. The predicted molar refractivity (Wildman–Crippen MR) is 84.5 cm³/mol. The van der Waals surface area contributed by atoms with Crippen molar-refractivity contribution in [1.29, 1.82) is 0 Å². The van der Waals surface area contributed by atoms with E-state index in [-0.39, 0.29) is 12.5 Å². The van der Waals surface area contributed by atoms with Crippen LogP contribution in [0.2, 0.25) is 0 Å². The molecule has 1 amide bonds.